The third-order valence-electron chi connectivity index (χ3n) is 2.76. The van der Waals surface area contributed by atoms with Gasteiger partial charge in [0, 0.05) is 13.2 Å². The first-order valence-electron chi connectivity index (χ1n) is 6.17. The maximum atomic E-state index is 12.4. The summed E-state index contributed by atoms with van der Waals surface area (Å²) in [6.07, 6.45) is 0.745. The third kappa shape index (κ3) is 3.82. The molecule has 24 heavy (non-hydrogen) atoms. The van der Waals surface area contributed by atoms with Crippen LogP contribution < -0.4 is 10.1 Å². The molecule has 0 saturated carbocycles. The van der Waals surface area contributed by atoms with Crippen LogP contribution >= 0.6 is 11.6 Å². The lowest BCUT2D eigenvalue weighted by molar-refractivity contribution is -0.0517. The standard InChI is InChI=1S/C11H10ClF2N5O4S/c1-11(16-18-19-17-11)15-9(20)5-3-4-6(23-10(13)14)8(7(5)12)24(2,21)22/h3-4,10H,1-2H3,(H,15,20). The van der Waals surface area contributed by atoms with Gasteiger partial charge >= 0.3 is 6.61 Å². The molecule has 0 saturated heterocycles. The zero-order valence-corrected chi connectivity index (χ0v) is 13.8. The van der Waals surface area contributed by atoms with Crippen LogP contribution in [0.5, 0.6) is 5.75 Å². The Bertz CT molecular complexity index is 831. The summed E-state index contributed by atoms with van der Waals surface area (Å²) in [4.78, 5) is 11.5. The average Bonchev–Trinajstić information content (AvgIpc) is 2.82. The number of carbonyl (C=O) groups is 1. The SMILES string of the molecule is CC1(NC(=O)c2ccc(OC(F)F)c(S(C)(=O)=O)c2Cl)N=NN=N1. The van der Waals surface area contributed by atoms with Crippen LogP contribution in [0.15, 0.2) is 37.7 Å². The van der Waals surface area contributed by atoms with Crippen LogP contribution in [0.4, 0.5) is 8.78 Å². The smallest absolute Gasteiger partial charge is 0.387 e. The number of sulfone groups is 1. The summed E-state index contributed by atoms with van der Waals surface area (Å²) < 4.78 is 52.6. The lowest BCUT2D eigenvalue weighted by Crippen LogP contribution is -2.41. The molecule has 13 heteroatoms. The van der Waals surface area contributed by atoms with Gasteiger partial charge in [0.25, 0.3) is 11.7 Å². The number of alkyl halides is 2. The van der Waals surface area contributed by atoms with Crippen LogP contribution in [-0.4, -0.2) is 33.0 Å². The topological polar surface area (TPSA) is 122 Å². The van der Waals surface area contributed by atoms with Gasteiger partial charge in [0.05, 0.1) is 10.6 Å². The molecule has 1 amide bonds. The van der Waals surface area contributed by atoms with Crippen molar-refractivity contribution < 1.29 is 26.7 Å². The minimum absolute atomic E-state index is 0.294. The van der Waals surface area contributed by atoms with Crippen LogP contribution in [-0.2, 0) is 9.84 Å². The van der Waals surface area contributed by atoms with Gasteiger partial charge in [-0.2, -0.15) is 8.78 Å². The Morgan fingerprint density at radius 1 is 1.33 bits per heavy atom. The molecule has 130 valence electrons. The summed E-state index contributed by atoms with van der Waals surface area (Å²) in [6.45, 7) is -1.88. The number of hydrogen-bond donors (Lipinski definition) is 1. The van der Waals surface area contributed by atoms with E-state index in [4.69, 9.17) is 11.6 Å². The van der Waals surface area contributed by atoms with E-state index in [2.05, 4.69) is 30.7 Å². The lowest BCUT2D eigenvalue weighted by Gasteiger charge is -2.18. The molecule has 0 spiro atoms. The monoisotopic (exact) mass is 381 g/mol. The van der Waals surface area contributed by atoms with Crippen molar-refractivity contribution in [1.29, 1.82) is 0 Å². The summed E-state index contributed by atoms with van der Waals surface area (Å²) in [6, 6.07) is 1.94. The Hall–Kier alpha value is -2.21. The van der Waals surface area contributed by atoms with Gasteiger partial charge in [-0.05, 0) is 22.6 Å². The maximum absolute atomic E-state index is 12.4. The molecule has 0 radical (unpaired) electrons. The fraction of sp³-hybridized carbons (Fsp3) is 0.364. The van der Waals surface area contributed by atoms with E-state index in [9.17, 15) is 22.0 Å². The van der Waals surface area contributed by atoms with E-state index in [0.717, 1.165) is 18.4 Å². The summed E-state index contributed by atoms with van der Waals surface area (Å²) in [7, 11) is -4.06. The number of carbonyl (C=O) groups excluding carboxylic acids is 1. The molecule has 0 fully saturated rings. The van der Waals surface area contributed by atoms with Gasteiger partial charge in [-0.25, -0.2) is 8.42 Å². The minimum atomic E-state index is -4.06. The van der Waals surface area contributed by atoms with Crippen molar-refractivity contribution in [2.45, 2.75) is 24.2 Å². The predicted octanol–water partition coefficient (Wildman–Crippen LogP) is 2.58. The molecular formula is C11H10ClF2N5O4S. The Kier molecular flexibility index (Phi) is 4.80. The third-order valence-corrected chi connectivity index (χ3v) is 4.41. The van der Waals surface area contributed by atoms with Crippen LogP contribution in [0.3, 0.4) is 0 Å². The quantitative estimate of drug-likeness (QED) is 0.842. The second-order valence-electron chi connectivity index (χ2n) is 4.76. The van der Waals surface area contributed by atoms with E-state index in [-0.39, 0.29) is 5.56 Å². The molecular weight excluding hydrogens is 372 g/mol. The van der Waals surface area contributed by atoms with Crippen molar-refractivity contribution in [3.8, 4) is 5.75 Å². The number of nitrogens with one attached hydrogen (secondary N) is 1. The predicted molar refractivity (Wildman–Crippen MR) is 76.8 cm³/mol. The second kappa shape index (κ2) is 6.36. The number of amides is 1. The Balaban J connectivity index is 2.47. The van der Waals surface area contributed by atoms with Crippen molar-refractivity contribution in [2.24, 2.45) is 20.7 Å². The average molecular weight is 382 g/mol. The van der Waals surface area contributed by atoms with Gasteiger partial charge in [-0.1, -0.05) is 11.6 Å². The van der Waals surface area contributed by atoms with E-state index in [1.165, 1.54) is 6.92 Å². The van der Waals surface area contributed by atoms with Crippen LogP contribution in [0.2, 0.25) is 5.02 Å². The summed E-state index contributed by atoms with van der Waals surface area (Å²) in [5, 5.41) is 15.4. The first-order valence-corrected chi connectivity index (χ1v) is 8.44. The fourth-order valence-electron chi connectivity index (χ4n) is 1.81. The highest BCUT2D eigenvalue weighted by Gasteiger charge is 2.32. The molecule has 1 N–H and O–H groups in total. The van der Waals surface area contributed by atoms with Gasteiger partial charge in [-0.15, -0.1) is 10.2 Å². The number of rotatable bonds is 5. The van der Waals surface area contributed by atoms with Crippen molar-refractivity contribution >= 4 is 27.3 Å². The molecule has 1 aromatic carbocycles. The number of halogens is 3. The van der Waals surface area contributed by atoms with E-state index < -0.39 is 43.8 Å². The van der Waals surface area contributed by atoms with Gasteiger partial charge in [0.1, 0.15) is 10.6 Å². The van der Waals surface area contributed by atoms with E-state index in [1.807, 2.05) is 0 Å². The number of ether oxygens (including phenoxy) is 1. The Morgan fingerprint density at radius 3 is 2.42 bits per heavy atom. The molecule has 0 atom stereocenters. The molecule has 1 aliphatic heterocycles. The molecule has 1 aliphatic rings. The maximum Gasteiger partial charge on any atom is 0.387 e. The molecule has 1 aromatic rings. The molecule has 0 bridgehead atoms. The van der Waals surface area contributed by atoms with Crippen LogP contribution in [0, 0.1) is 0 Å². The highest BCUT2D eigenvalue weighted by atomic mass is 35.5. The minimum Gasteiger partial charge on any atom is -0.433 e. The van der Waals surface area contributed by atoms with E-state index in [1.54, 1.807) is 0 Å². The number of nitrogens with zero attached hydrogens (tertiary/aromatic N) is 4. The Morgan fingerprint density at radius 2 is 1.92 bits per heavy atom. The first kappa shape index (κ1) is 18.1. The number of benzene rings is 1. The van der Waals surface area contributed by atoms with Gasteiger partial charge in [-0.3, -0.25) is 4.79 Å². The van der Waals surface area contributed by atoms with Crippen molar-refractivity contribution in [1.82, 2.24) is 5.32 Å². The molecule has 1 heterocycles. The largest absolute Gasteiger partial charge is 0.433 e. The fourth-order valence-corrected chi connectivity index (χ4v) is 3.39. The zero-order valence-electron chi connectivity index (χ0n) is 12.2. The molecule has 9 nitrogen and oxygen atoms in total. The molecule has 0 unspecified atom stereocenters. The van der Waals surface area contributed by atoms with Gasteiger partial charge in [0.15, 0.2) is 9.84 Å². The van der Waals surface area contributed by atoms with Gasteiger partial charge < -0.3 is 10.1 Å². The zero-order chi connectivity index (χ0) is 18.1. The van der Waals surface area contributed by atoms with Crippen molar-refractivity contribution in [2.75, 3.05) is 6.26 Å². The van der Waals surface area contributed by atoms with E-state index in [0.29, 0.717) is 0 Å². The van der Waals surface area contributed by atoms with Crippen LogP contribution in [0.25, 0.3) is 0 Å². The Labute approximate surface area is 139 Å². The van der Waals surface area contributed by atoms with Crippen LogP contribution in [0.1, 0.15) is 17.3 Å². The normalized spacial score (nSPS) is 15.8. The molecule has 2 rings (SSSR count). The summed E-state index contributed by atoms with van der Waals surface area (Å²) >= 11 is 5.93. The highest BCUT2D eigenvalue weighted by Crippen LogP contribution is 2.35. The summed E-state index contributed by atoms with van der Waals surface area (Å²) in [5.74, 6) is -2.99. The number of hydrogen-bond acceptors (Lipinski definition) is 8. The first-order chi connectivity index (χ1) is 11.0. The highest BCUT2D eigenvalue weighted by molar-refractivity contribution is 7.91. The molecule has 0 aliphatic carbocycles. The summed E-state index contributed by atoms with van der Waals surface area (Å²) in [5.41, 5.74) is -0.294. The lowest BCUT2D eigenvalue weighted by atomic mass is 10.2. The van der Waals surface area contributed by atoms with Crippen molar-refractivity contribution in [3.63, 3.8) is 0 Å². The van der Waals surface area contributed by atoms with E-state index >= 15 is 0 Å². The van der Waals surface area contributed by atoms with Gasteiger partial charge in [0.2, 0.25) is 0 Å². The van der Waals surface area contributed by atoms with Crippen molar-refractivity contribution in [3.05, 3.63) is 22.7 Å². The second-order valence-corrected chi connectivity index (χ2v) is 7.09. The molecule has 0 aromatic heterocycles.